The summed E-state index contributed by atoms with van der Waals surface area (Å²) in [5.41, 5.74) is 3.75. The van der Waals surface area contributed by atoms with E-state index in [4.69, 9.17) is 25.4 Å². The van der Waals surface area contributed by atoms with Crippen molar-refractivity contribution in [1.82, 2.24) is 0 Å². The second kappa shape index (κ2) is 10.5. The van der Waals surface area contributed by atoms with Crippen molar-refractivity contribution < 1.29 is 18.9 Å². The molecule has 0 bridgehead atoms. The predicted molar refractivity (Wildman–Crippen MR) is 125 cm³/mol. The van der Waals surface area contributed by atoms with E-state index in [2.05, 4.69) is 29.6 Å². The van der Waals surface area contributed by atoms with Crippen LogP contribution in [0.25, 0.3) is 0 Å². The fourth-order valence-electron chi connectivity index (χ4n) is 2.90. The Balaban J connectivity index is 1.97. The predicted octanol–water partition coefficient (Wildman–Crippen LogP) is 4.50. The summed E-state index contributed by atoms with van der Waals surface area (Å²) in [6.07, 6.45) is 5.64. The van der Waals surface area contributed by atoms with Crippen LogP contribution in [0, 0.1) is 36.0 Å². The van der Waals surface area contributed by atoms with Crippen molar-refractivity contribution >= 4 is 0 Å². The molecule has 158 valence electrons. The molecule has 3 rings (SSSR count). The number of terminal acetylenes is 1. The highest BCUT2D eigenvalue weighted by molar-refractivity contribution is 5.55. The van der Waals surface area contributed by atoms with E-state index in [0.717, 1.165) is 22.3 Å². The lowest BCUT2D eigenvalue weighted by atomic mass is 10.1. The molecule has 32 heavy (non-hydrogen) atoms. The molecule has 0 aromatic heterocycles. The molecule has 0 heterocycles. The van der Waals surface area contributed by atoms with Gasteiger partial charge in [0.2, 0.25) is 0 Å². The Morgan fingerprint density at radius 3 is 1.00 bits per heavy atom. The Kier molecular flexibility index (Phi) is 7.32. The van der Waals surface area contributed by atoms with E-state index in [-0.39, 0.29) is 0 Å². The highest BCUT2D eigenvalue weighted by Gasteiger charge is 2.02. The van der Waals surface area contributed by atoms with E-state index in [1.165, 1.54) is 0 Å². The Labute approximate surface area is 189 Å². The van der Waals surface area contributed by atoms with Crippen molar-refractivity contribution in [2.45, 2.75) is 0 Å². The van der Waals surface area contributed by atoms with Crippen LogP contribution in [0.3, 0.4) is 0 Å². The minimum Gasteiger partial charge on any atom is -0.497 e. The minimum absolute atomic E-state index is 0.672. The Hall–Kier alpha value is -4.46. The molecule has 4 heteroatoms. The molecule has 0 saturated carbocycles. The summed E-state index contributed by atoms with van der Waals surface area (Å²) < 4.78 is 21.2. The van der Waals surface area contributed by atoms with Crippen LogP contribution in [0.2, 0.25) is 0 Å². The van der Waals surface area contributed by atoms with Crippen LogP contribution in [0.15, 0.2) is 54.6 Å². The summed E-state index contributed by atoms with van der Waals surface area (Å²) in [4.78, 5) is 0. The average molecular weight is 422 g/mol. The molecule has 0 atom stereocenters. The molecule has 0 unspecified atom stereocenters. The van der Waals surface area contributed by atoms with Crippen LogP contribution in [0.5, 0.6) is 23.0 Å². The van der Waals surface area contributed by atoms with Crippen LogP contribution in [0.4, 0.5) is 0 Å². The third kappa shape index (κ3) is 5.79. The highest BCUT2D eigenvalue weighted by atomic mass is 16.5. The Bertz CT molecular complexity index is 1150. The maximum absolute atomic E-state index is 5.64. The second-order valence-corrected chi connectivity index (χ2v) is 6.65. The normalized spacial score (nSPS) is 9.34. The fourth-order valence-corrected chi connectivity index (χ4v) is 2.90. The molecular formula is C28H22O4. The minimum atomic E-state index is 0.672. The summed E-state index contributed by atoms with van der Waals surface area (Å²) in [6, 6.07) is 16.6. The van der Waals surface area contributed by atoms with Crippen molar-refractivity contribution in [1.29, 1.82) is 0 Å². The summed E-state index contributed by atoms with van der Waals surface area (Å²) >= 11 is 0. The lowest BCUT2D eigenvalue weighted by Crippen LogP contribution is -1.89. The molecule has 3 aromatic carbocycles. The first-order chi connectivity index (χ1) is 15.6. The maximum Gasteiger partial charge on any atom is 0.123 e. The van der Waals surface area contributed by atoms with Crippen molar-refractivity contribution in [2.24, 2.45) is 0 Å². The standard InChI is InChI=1S/C28H22O4/c1-6-20-11-21(7-9-23-14-25(29-2)18-26(15-23)30-3)13-22(12-20)8-10-24-16-27(31-4)19-28(17-24)32-5/h1,11-19H,2-5H3. The van der Waals surface area contributed by atoms with Crippen LogP contribution in [0.1, 0.15) is 27.8 Å². The Morgan fingerprint density at radius 1 is 0.438 bits per heavy atom. The monoisotopic (exact) mass is 422 g/mol. The van der Waals surface area contributed by atoms with Crippen molar-refractivity contribution in [3.05, 3.63) is 82.4 Å². The van der Waals surface area contributed by atoms with Crippen molar-refractivity contribution in [2.75, 3.05) is 28.4 Å². The summed E-state index contributed by atoms with van der Waals surface area (Å²) in [5.74, 6) is 17.9. The molecule has 0 saturated heterocycles. The molecule has 0 spiro atoms. The van der Waals surface area contributed by atoms with E-state index < -0.39 is 0 Å². The maximum atomic E-state index is 5.64. The molecule has 0 fully saturated rings. The fraction of sp³-hybridized carbons (Fsp3) is 0.143. The first-order valence-electron chi connectivity index (χ1n) is 9.68. The SMILES string of the molecule is C#Cc1cc(C#Cc2cc(OC)cc(OC)c2)cc(C#Cc2cc(OC)cc(OC)c2)c1. The summed E-state index contributed by atoms with van der Waals surface area (Å²) in [5, 5.41) is 0. The van der Waals surface area contributed by atoms with Crippen LogP contribution in [-0.2, 0) is 0 Å². The van der Waals surface area contributed by atoms with Gasteiger partial charge in [-0.15, -0.1) is 6.42 Å². The van der Waals surface area contributed by atoms with Gasteiger partial charge in [-0.1, -0.05) is 29.6 Å². The number of benzene rings is 3. The first-order valence-corrected chi connectivity index (χ1v) is 9.68. The third-order valence-electron chi connectivity index (χ3n) is 4.50. The molecule has 0 amide bonds. The van der Waals surface area contributed by atoms with Gasteiger partial charge in [0, 0.05) is 39.9 Å². The van der Waals surface area contributed by atoms with Gasteiger partial charge in [0.25, 0.3) is 0 Å². The van der Waals surface area contributed by atoms with E-state index in [1.807, 2.05) is 42.5 Å². The van der Waals surface area contributed by atoms with Gasteiger partial charge in [-0.05, 0) is 42.5 Å². The van der Waals surface area contributed by atoms with Gasteiger partial charge < -0.3 is 18.9 Å². The van der Waals surface area contributed by atoms with Crippen LogP contribution < -0.4 is 18.9 Å². The summed E-state index contributed by atoms with van der Waals surface area (Å²) in [7, 11) is 6.41. The van der Waals surface area contributed by atoms with E-state index >= 15 is 0 Å². The zero-order valence-electron chi connectivity index (χ0n) is 18.4. The number of hydrogen-bond donors (Lipinski definition) is 0. The van der Waals surface area contributed by atoms with Crippen LogP contribution in [-0.4, -0.2) is 28.4 Å². The zero-order valence-corrected chi connectivity index (χ0v) is 18.4. The molecular weight excluding hydrogens is 400 g/mol. The number of methoxy groups -OCH3 is 4. The third-order valence-corrected chi connectivity index (χ3v) is 4.50. The first kappa shape index (κ1) is 22.2. The van der Waals surface area contributed by atoms with Gasteiger partial charge in [0.05, 0.1) is 28.4 Å². The molecule has 0 radical (unpaired) electrons. The largest absolute Gasteiger partial charge is 0.497 e. The molecule has 3 aromatic rings. The van der Waals surface area contributed by atoms with Gasteiger partial charge in [-0.2, -0.15) is 0 Å². The zero-order chi connectivity index (χ0) is 22.9. The average Bonchev–Trinajstić information content (AvgIpc) is 2.85. The summed E-state index contributed by atoms with van der Waals surface area (Å²) in [6.45, 7) is 0. The highest BCUT2D eigenvalue weighted by Crippen LogP contribution is 2.23. The van der Waals surface area contributed by atoms with E-state index in [1.54, 1.807) is 40.6 Å². The molecule has 0 aliphatic rings. The van der Waals surface area contributed by atoms with Crippen molar-refractivity contribution in [3.8, 4) is 59.0 Å². The van der Waals surface area contributed by atoms with E-state index in [9.17, 15) is 0 Å². The molecule has 0 aliphatic carbocycles. The topological polar surface area (TPSA) is 36.9 Å². The smallest absolute Gasteiger partial charge is 0.123 e. The molecule has 4 nitrogen and oxygen atoms in total. The lowest BCUT2D eigenvalue weighted by molar-refractivity contribution is 0.394. The van der Waals surface area contributed by atoms with Crippen LogP contribution >= 0.6 is 0 Å². The quantitative estimate of drug-likeness (QED) is 0.580. The molecule has 0 aliphatic heterocycles. The van der Waals surface area contributed by atoms with Gasteiger partial charge in [-0.25, -0.2) is 0 Å². The number of hydrogen-bond acceptors (Lipinski definition) is 4. The number of rotatable bonds is 4. The van der Waals surface area contributed by atoms with Gasteiger partial charge in [0.15, 0.2) is 0 Å². The lowest BCUT2D eigenvalue weighted by Gasteiger charge is -2.05. The second-order valence-electron chi connectivity index (χ2n) is 6.65. The molecule has 0 N–H and O–H groups in total. The van der Waals surface area contributed by atoms with Gasteiger partial charge >= 0.3 is 0 Å². The Morgan fingerprint density at radius 2 is 0.719 bits per heavy atom. The van der Waals surface area contributed by atoms with Crippen molar-refractivity contribution in [3.63, 3.8) is 0 Å². The van der Waals surface area contributed by atoms with E-state index in [0.29, 0.717) is 28.6 Å². The van der Waals surface area contributed by atoms with Gasteiger partial charge in [0.1, 0.15) is 23.0 Å². The number of ether oxygens (including phenoxy) is 4. The van der Waals surface area contributed by atoms with Gasteiger partial charge in [-0.3, -0.25) is 0 Å².